The minimum Gasteiger partial charge on any atom is -0.491 e. The molecule has 2 aromatic rings. The SMILES string of the molecule is CO[C@@H]1CN(C)C(=O)c2ccc(NS(=O)(=O)c3ccccc3F)cc2OC[C@@H](C)N(S(C)(=O)=O)C[C@H]1C. The first-order valence-corrected chi connectivity index (χ1v) is 14.9. The Bertz CT molecular complexity index is 1350. The number of anilines is 1. The van der Waals surface area contributed by atoms with Gasteiger partial charge in [-0.05, 0) is 37.1 Å². The third-order valence-corrected chi connectivity index (χ3v) is 8.97. The van der Waals surface area contributed by atoms with Crippen LogP contribution in [0.5, 0.6) is 5.75 Å². The molecule has 1 amide bonds. The second-order valence-electron chi connectivity index (χ2n) is 9.18. The second-order valence-corrected chi connectivity index (χ2v) is 12.8. The molecule has 0 saturated heterocycles. The molecule has 10 nitrogen and oxygen atoms in total. The quantitative estimate of drug-likeness (QED) is 0.599. The molecule has 1 aliphatic heterocycles. The summed E-state index contributed by atoms with van der Waals surface area (Å²) in [4.78, 5) is 14.2. The lowest BCUT2D eigenvalue weighted by Gasteiger charge is -2.34. The molecule has 204 valence electrons. The van der Waals surface area contributed by atoms with Crippen molar-refractivity contribution in [2.24, 2.45) is 5.92 Å². The summed E-state index contributed by atoms with van der Waals surface area (Å²) in [6.07, 6.45) is 0.671. The van der Waals surface area contributed by atoms with Crippen molar-refractivity contribution in [3.05, 3.63) is 53.8 Å². The summed E-state index contributed by atoms with van der Waals surface area (Å²) < 4.78 is 79.8. The molecule has 37 heavy (non-hydrogen) atoms. The van der Waals surface area contributed by atoms with Gasteiger partial charge in [-0.1, -0.05) is 19.1 Å². The summed E-state index contributed by atoms with van der Waals surface area (Å²) in [5, 5.41) is 0. The minimum atomic E-state index is -4.27. The maximum absolute atomic E-state index is 14.1. The van der Waals surface area contributed by atoms with Crippen molar-refractivity contribution in [3.63, 3.8) is 0 Å². The molecule has 1 N–H and O–H groups in total. The van der Waals surface area contributed by atoms with Gasteiger partial charge in [0.15, 0.2) is 0 Å². The van der Waals surface area contributed by atoms with Crippen LogP contribution >= 0.6 is 0 Å². The van der Waals surface area contributed by atoms with Crippen LogP contribution in [0, 0.1) is 11.7 Å². The largest absolute Gasteiger partial charge is 0.491 e. The number of halogens is 1. The number of hydrogen-bond donors (Lipinski definition) is 1. The third-order valence-electron chi connectivity index (χ3n) is 6.19. The van der Waals surface area contributed by atoms with E-state index in [1.807, 2.05) is 6.92 Å². The molecular formula is C24H32FN3O7S2. The van der Waals surface area contributed by atoms with Gasteiger partial charge >= 0.3 is 0 Å². The number of methoxy groups -OCH3 is 1. The van der Waals surface area contributed by atoms with Gasteiger partial charge in [0.1, 0.15) is 23.1 Å². The van der Waals surface area contributed by atoms with E-state index < -0.39 is 42.9 Å². The van der Waals surface area contributed by atoms with Crippen LogP contribution in [0.4, 0.5) is 10.1 Å². The van der Waals surface area contributed by atoms with Crippen molar-refractivity contribution < 1.29 is 35.5 Å². The van der Waals surface area contributed by atoms with Crippen LogP contribution < -0.4 is 9.46 Å². The van der Waals surface area contributed by atoms with Crippen LogP contribution in [0.15, 0.2) is 47.4 Å². The van der Waals surface area contributed by atoms with E-state index in [2.05, 4.69) is 4.72 Å². The van der Waals surface area contributed by atoms with Crippen molar-refractivity contribution >= 4 is 31.6 Å². The van der Waals surface area contributed by atoms with Crippen LogP contribution in [0.2, 0.25) is 0 Å². The fourth-order valence-electron chi connectivity index (χ4n) is 4.14. The van der Waals surface area contributed by atoms with Crippen molar-refractivity contribution in [3.8, 4) is 5.75 Å². The maximum Gasteiger partial charge on any atom is 0.264 e. The van der Waals surface area contributed by atoms with Gasteiger partial charge < -0.3 is 14.4 Å². The molecule has 0 bridgehead atoms. The molecule has 0 spiro atoms. The summed E-state index contributed by atoms with van der Waals surface area (Å²) >= 11 is 0. The van der Waals surface area contributed by atoms with Crippen LogP contribution in [0.3, 0.4) is 0 Å². The average molecular weight is 558 g/mol. The number of hydrogen-bond acceptors (Lipinski definition) is 7. The molecule has 3 rings (SSSR count). The predicted octanol–water partition coefficient (Wildman–Crippen LogP) is 2.39. The predicted molar refractivity (Wildman–Crippen MR) is 137 cm³/mol. The smallest absolute Gasteiger partial charge is 0.264 e. The minimum absolute atomic E-state index is 0.0422. The van der Waals surface area contributed by atoms with E-state index in [0.717, 1.165) is 18.4 Å². The first-order chi connectivity index (χ1) is 17.2. The Morgan fingerprint density at radius 3 is 2.38 bits per heavy atom. The molecule has 13 heteroatoms. The Hall–Kier alpha value is -2.74. The number of fused-ring (bicyclic) bond motifs is 1. The van der Waals surface area contributed by atoms with Crippen LogP contribution in [-0.4, -0.2) is 84.2 Å². The zero-order valence-corrected chi connectivity index (χ0v) is 23.0. The van der Waals surface area contributed by atoms with E-state index in [4.69, 9.17) is 9.47 Å². The lowest BCUT2D eigenvalue weighted by molar-refractivity contribution is 0.0213. The zero-order valence-electron chi connectivity index (χ0n) is 21.3. The number of likely N-dealkylation sites (N-methyl/N-ethyl adjacent to an activating group) is 1. The highest BCUT2D eigenvalue weighted by molar-refractivity contribution is 7.92. The number of sulfonamides is 2. The molecule has 1 aliphatic rings. The van der Waals surface area contributed by atoms with Gasteiger partial charge in [-0.25, -0.2) is 21.2 Å². The monoisotopic (exact) mass is 557 g/mol. The molecule has 0 aromatic heterocycles. The van der Waals surface area contributed by atoms with Gasteiger partial charge in [0, 0.05) is 33.3 Å². The van der Waals surface area contributed by atoms with Crippen molar-refractivity contribution in [1.29, 1.82) is 0 Å². The number of nitrogens with one attached hydrogen (secondary N) is 1. The number of carbonyl (C=O) groups excluding carboxylic acids is 1. The molecular weight excluding hydrogens is 525 g/mol. The molecule has 1 heterocycles. The van der Waals surface area contributed by atoms with Crippen LogP contribution in [0.25, 0.3) is 0 Å². The Balaban J connectivity index is 2.02. The summed E-state index contributed by atoms with van der Waals surface area (Å²) in [6.45, 7) is 3.76. The number of carbonyl (C=O) groups is 1. The second kappa shape index (κ2) is 11.3. The van der Waals surface area contributed by atoms with Crippen molar-refractivity contribution in [2.45, 2.75) is 30.9 Å². The van der Waals surface area contributed by atoms with Gasteiger partial charge in [-0.2, -0.15) is 4.31 Å². The highest BCUT2D eigenvalue weighted by Crippen LogP contribution is 2.28. The standard InChI is InChI=1S/C24H32FN3O7S2/c1-16-13-28(36(5,30)31)17(2)15-35-21-12-18(26-37(32,33)23-9-7-6-8-20(23)25)10-11-19(21)24(29)27(3)14-22(16)34-4/h6-12,16-17,22,26H,13-15H2,1-5H3/t16-,17-,22-/m1/s1. The van der Waals surface area contributed by atoms with Gasteiger partial charge in [-0.15, -0.1) is 0 Å². The van der Waals surface area contributed by atoms with Crippen LogP contribution in [0.1, 0.15) is 24.2 Å². The number of ether oxygens (including phenoxy) is 2. The molecule has 0 aliphatic carbocycles. The van der Waals surface area contributed by atoms with Crippen molar-refractivity contribution in [2.75, 3.05) is 44.8 Å². The average Bonchev–Trinajstić information content (AvgIpc) is 2.82. The number of benzene rings is 2. The first-order valence-electron chi connectivity index (χ1n) is 11.5. The van der Waals surface area contributed by atoms with Gasteiger partial charge in [0.25, 0.3) is 15.9 Å². The lowest BCUT2D eigenvalue weighted by Crippen LogP contribution is -2.48. The van der Waals surface area contributed by atoms with Gasteiger partial charge in [-0.3, -0.25) is 9.52 Å². The summed E-state index contributed by atoms with van der Waals surface area (Å²) in [5.41, 5.74) is 0.193. The van der Waals surface area contributed by atoms with Gasteiger partial charge in [0.2, 0.25) is 10.0 Å². The van der Waals surface area contributed by atoms with E-state index in [-0.39, 0.29) is 48.5 Å². The summed E-state index contributed by atoms with van der Waals surface area (Å²) in [5.74, 6) is -1.48. The molecule has 0 unspecified atom stereocenters. The number of rotatable bonds is 5. The zero-order chi connectivity index (χ0) is 27.5. The fourth-order valence-corrected chi connectivity index (χ4v) is 6.49. The van der Waals surface area contributed by atoms with E-state index in [9.17, 15) is 26.0 Å². The summed E-state index contributed by atoms with van der Waals surface area (Å²) in [7, 11) is -4.79. The topological polar surface area (TPSA) is 122 Å². The number of amides is 1. The Morgan fingerprint density at radius 1 is 1.08 bits per heavy atom. The lowest BCUT2D eigenvalue weighted by atomic mass is 10.0. The molecule has 0 saturated carbocycles. The van der Waals surface area contributed by atoms with E-state index in [1.165, 1.54) is 46.6 Å². The van der Waals surface area contributed by atoms with Gasteiger partial charge in [0.05, 0.1) is 29.7 Å². The van der Waals surface area contributed by atoms with E-state index >= 15 is 0 Å². The highest BCUT2D eigenvalue weighted by atomic mass is 32.2. The maximum atomic E-state index is 14.1. The molecule has 0 radical (unpaired) electrons. The van der Waals surface area contributed by atoms with Crippen LogP contribution in [-0.2, 0) is 24.8 Å². The molecule has 0 fully saturated rings. The Labute approximate surface area is 217 Å². The Kier molecular flexibility index (Phi) is 8.83. The number of nitrogens with zero attached hydrogens (tertiary/aromatic N) is 2. The summed E-state index contributed by atoms with van der Waals surface area (Å²) in [6, 6.07) is 8.44. The van der Waals surface area contributed by atoms with E-state index in [1.54, 1.807) is 14.0 Å². The third kappa shape index (κ3) is 6.78. The highest BCUT2D eigenvalue weighted by Gasteiger charge is 2.32. The molecule has 2 aromatic carbocycles. The Morgan fingerprint density at radius 2 is 1.76 bits per heavy atom. The first kappa shape index (κ1) is 28.8. The molecule has 3 atom stereocenters. The fraction of sp³-hybridized carbons (Fsp3) is 0.458. The normalized spacial score (nSPS) is 22.4. The van der Waals surface area contributed by atoms with E-state index in [0.29, 0.717) is 0 Å². The van der Waals surface area contributed by atoms with Crippen molar-refractivity contribution in [1.82, 2.24) is 9.21 Å².